The number of benzene rings is 2. The highest BCUT2D eigenvalue weighted by Crippen LogP contribution is 2.23. The van der Waals surface area contributed by atoms with E-state index >= 15 is 0 Å². The molecule has 0 saturated carbocycles. The molecule has 0 bridgehead atoms. The molecule has 2 aromatic rings. The van der Waals surface area contributed by atoms with Gasteiger partial charge in [-0.05, 0) is 81.1 Å². The fraction of sp³-hybridized carbons (Fsp3) is 0.559. The topological polar surface area (TPSA) is 89.7 Å². The smallest absolute Gasteiger partial charge is 0.333 e. The number of nitrogens with zero attached hydrogens (tertiary/aromatic N) is 2. The van der Waals surface area contributed by atoms with Gasteiger partial charge in [0.25, 0.3) is 0 Å². The van der Waals surface area contributed by atoms with E-state index in [4.69, 9.17) is 19.3 Å². The summed E-state index contributed by atoms with van der Waals surface area (Å²) in [6.45, 7) is 7.47. The van der Waals surface area contributed by atoms with E-state index in [1.807, 2.05) is 48.5 Å². The van der Waals surface area contributed by atoms with Crippen molar-refractivity contribution in [3.05, 3.63) is 60.7 Å². The summed E-state index contributed by atoms with van der Waals surface area (Å²) < 4.78 is 16.8. The highest BCUT2D eigenvalue weighted by molar-refractivity contribution is 5.86. The number of carbonyl (C=O) groups excluding carboxylic acids is 1. The quantitative estimate of drug-likeness (QED) is 0.0591. The van der Waals surface area contributed by atoms with Gasteiger partial charge in [-0.2, -0.15) is 10.2 Å². The third kappa shape index (κ3) is 17.3. The summed E-state index contributed by atoms with van der Waals surface area (Å²) in [4.78, 5) is 11.3. The monoisotopic (exact) mass is 566 g/mol. The number of aliphatic hydroxyl groups excluding tert-OH is 1. The predicted molar refractivity (Wildman–Crippen MR) is 166 cm³/mol. The Balaban J connectivity index is 1.50. The standard InChI is InChI=1S/C34H50N2O5/c1-29(2)34(38)41-28-16-12-8-4-7-11-15-27-40-33-23-19-31(20-24-33)36-35-30-17-21-32(22-18-30)39-26-14-10-6-3-5-9-13-25-37/h17-24,37H,1,3-16,25-28H2,2H3. The molecule has 0 aliphatic rings. The highest BCUT2D eigenvalue weighted by Gasteiger charge is 2.02. The summed E-state index contributed by atoms with van der Waals surface area (Å²) in [6.07, 6.45) is 15.7. The van der Waals surface area contributed by atoms with Crippen LogP contribution in [0.2, 0.25) is 0 Å². The minimum Gasteiger partial charge on any atom is -0.494 e. The summed E-state index contributed by atoms with van der Waals surface area (Å²) in [5.41, 5.74) is 2.02. The van der Waals surface area contributed by atoms with Crippen LogP contribution in [0.1, 0.15) is 96.8 Å². The van der Waals surface area contributed by atoms with E-state index in [9.17, 15) is 4.79 Å². The zero-order valence-electron chi connectivity index (χ0n) is 25.0. The maximum absolute atomic E-state index is 11.3. The van der Waals surface area contributed by atoms with Crippen LogP contribution in [0, 0.1) is 0 Å². The SMILES string of the molecule is C=C(C)C(=O)OCCCCCCCCCOc1ccc(N=Nc2ccc(OCCCCCCCCCO)cc2)cc1. The first-order chi connectivity index (χ1) is 20.1. The highest BCUT2D eigenvalue weighted by atomic mass is 16.5. The average Bonchev–Trinajstić information content (AvgIpc) is 2.99. The molecular weight excluding hydrogens is 516 g/mol. The first-order valence-electron chi connectivity index (χ1n) is 15.4. The van der Waals surface area contributed by atoms with E-state index in [-0.39, 0.29) is 5.97 Å². The first kappa shape index (κ1) is 34.0. The molecule has 0 aliphatic carbocycles. The Hall–Kier alpha value is -3.19. The number of carbonyl (C=O) groups is 1. The molecule has 0 amide bonds. The summed E-state index contributed by atoms with van der Waals surface area (Å²) in [6, 6.07) is 15.4. The van der Waals surface area contributed by atoms with Crippen molar-refractivity contribution in [2.75, 3.05) is 26.4 Å². The molecule has 41 heavy (non-hydrogen) atoms. The number of ether oxygens (including phenoxy) is 3. The molecule has 0 heterocycles. The van der Waals surface area contributed by atoms with Crippen LogP contribution in [0.25, 0.3) is 0 Å². The zero-order chi connectivity index (χ0) is 29.4. The summed E-state index contributed by atoms with van der Waals surface area (Å²) in [7, 11) is 0. The lowest BCUT2D eigenvalue weighted by molar-refractivity contribution is -0.139. The molecule has 0 fully saturated rings. The maximum Gasteiger partial charge on any atom is 0.333 e. The minimum atomic E-state index is -0.295. The fourth-order valence-corrected chi connectivity index (χ4v) is 4.19. The third-order valence-electron chi connectivity index (χ3n) is 6.66. The number of rotatable bonds is 24. The van der Waals surface area contributed by atoms with Gasteiger partial charge in [0.1, 0.15) is 11.5 Å². The van der Waals surface area contributed by atoms with Crippen LogP contribution in [0.5, 0.6) is 11.5 Å². The van der Waals surface area contributed by atoms with Crippen molar-refractivity contribution in [3.63, 3.8) is 0 Å². The zero-order valence-corrected chi connectivity index (χ0v) is 25.0. The Morgan fingerprint density at radius 1 is 0.610 bits per heavy atom. The van der Waals surface area contributed by atoms with Crippen molar-refractivity contribution >= 4 is 17.3 Å². The van der Waals surface area contributed by atoms with Gasteiger partial charge in [0, 0.05) is 12.2 Å². The molecular formula is C34H50N2O5. The summed E-state index contributed by atoms with van der Waals surface area (Å²) in [5.74, 6) is 1.40. The Bertz CT molecular complexity index is 989. The minimum absolute atomic E-state index is 0.295. The molecule has 226 valence electrons. The Labute approximate surface area is 247 Å². The van der Waals surface area contributed by atoms with Gasteiger partial charge in [0.2, 0.25) is 0 Å². The Morgan fingerprint density at radius 2 is 0.976 bits per heavy atom. The van der Waals surface area contributed by atoms with Crippen molar-refractivity contribution < 1.29 is 24.1 Å². The van der Waals surface area contributed by atoms with E-state index in [0.29, 0.717) is 25.4 Å². The van der Waals surface area contributed by atoms with Gasteiger partial charge in [0.05, 0.1) is 31.2 Å². The van der Waals surface area contributed by atoms with Crippen molar-refractivity contribution in [1.82, 2.24) is 0 Å². The van der Waals surface area contributed by atoms with Crippen molar-refractivity contribution in [2.24, 2.45) is 10.2 Å². The van der Waals surface area contributed by atoms with E-state index in [2.05, 4.69) is 16.8 Å². The van der Waals surface area contributed by atoms with E-state index < -0.39 is 0 Å². The van der Waals surface area contributed by atoms with Gasteiger partial charge < -0.3 is 19.3 Å². The van der Waals surface area contributed by atoms with Crippen LogP contribution >= 0.6 is 0 Å². The van der Waals surface area contributed by atoms with Crippen molar-refractivity contribution in [1.29, 1.82) is 0 Å². The second-order valence-electron chi connectivity index (χ2n) is 10.5. The van der Waals surface area contributed by atoms with E-state index in [1.54, 1.807) is 6.92 Å². The van der Waals surface area contributed by atoms with E-state index in [0.717, 1.165) is 80.8 Å². The van der Waals surface area contributed by atoms with Crippen LogP contribution in [0.15, 0.2) is 70.9 Å². The third-order valence-corrected chi connectivity index (χ3v) is 6.66. The molecule has 1 N–H and O–H groups in total. The molecule has 0 spiro atoms. The molecule has 2 rings (SSSR count). The molecule has 0 unspecified atom stereocenters. The van der Waals surface area contributed by atoms with Gasteiger partial charge in [-0.25, -0.2) is 4.79 Å². The van der Waals surface area contributed by atoms with Gasteiger partial charge in [-0.3, -0.25) is 0 Å². The van der Waals surface area contributed by atoms with Crippen LogP contribution in [-0.4, -0.2) is 37.5 Å². The number of hydrogen-bond acceptors (Lipinski definition) is 7. The maximum atomic E-state index is 11.3. The number of esters is 1. The van der Waals surface area contributed by atoms with Gasteiger partial charge in [-0.1, -0.05) is 70.8 Å². The molecule has 0 atom stereocenters. The molecule has 7 heteroatoms. The lowest BCUT2D eigenvalue weighted by Crippen LogP contribution is -2.05. The Morgan fingerprint density at radius 3 is 1.37 bits per heavy atom. The number of hydrogen-bond donors (Lipinski definition) is 1. The molecule has 0 aromatic heterocycles. The fourth-order valence-electron chi connectivity index (χ4n) is 4.19. The van der Waals surface area contributed by atoms with E-state index in [1.165, 1.54) is 38.5 Å². The molecule has 0 aliphatic heterocycles. The lowest BCUT2D eigenvalue weighted by Gasteiger charge is -2.07. The van der Waals surface area contributed by atoms with Crippen molar-refractivity contribution in [3.8, 4) is 11.5 Å². The second kappa shape index (κ2) is 22.5. The molecule has 2 aromatic carbocycles. The molecule has 7 nitrogen and oxygen atoms in total. The number of aliphatic hydroxyl groups is 1. The second-order valence-corrected chi connectivity index (χ2v) is 10.5. The molecule has 0 radical (unpaired) electrons. The van der Waals surface area contributed by atoms with Gasteiger partial charge >= 0.3 is 5.97 Å². The predicted octanol–water partition coefficient (Wildman–Crippen LogP) is 9.43. The number of azo groups is 1. The van der Waals surface area contributed by atoms with Gasteiger partial charge in [0.15, 0.2) is 0 Å². The normalized spacial score (nSPS) is 11.1. The van der Waals surface area contributed by atoms with Crippen LogP contribution in [0.3, 0.4) is 0 Å². The van der Waals surface area contributed by atoms with Gasteiger partial charge in [-0.15, -0.1) is 0 Å². The number of unbranched alkanes of at least 4 members (excludes halogenated alkanes) is 12. The first-order valence-corrected chi connectivity index (χ1v) is 15.4. The van der Waals surface area contributed by atoms with Crippen molar-refractivity contribution in [2.45, 2.75) is 96.8 Å². The van der Waals surface area contributed by atoms with Crippen LogP contribution < -0.4 is 9.47 Å². The largest absolute Gasteiger partial charge is 0.494 e. The van der Waals surface area contributed by atoms with Crippen LogP contribution in [0.4, 0.5) is 11.4 Å². The molecule has 0 saturated heterocycles. The average molecular weight is 567 g/mol. The lowest BCUT2D eigenvalue weighted by atomic mass is 10.1. The Kier molecular flexibility index (Phi) is 18.7. The summed E-state index contributed by atoms with van der Waals surface area (Å²) in [5, 5.41) is 17.5. The van der Waals surface area contributed by atoms with Crippen LogP contribution in [-0.2, 0) is 9.53 Å². The summed E-state index contributed by atoms with van der Waals surface area (Å²) >= 11 is 0.